The average Bonchev–Trinajstić information content (AvgIpc) is 2.67. The number of aryl methyl sites for hydroxylation is 1. The van der Waals surface area contributed by atoms with Gasteiger partial charge in [-0.1, -0.05) is 31.2 Å². The van der Waals surface area contributed by atoms with Crippen LogP contribution in [0.25, 0.3) is 0 Å². The van der Waals surface area contributed by atoms with Gasteiger partial charge in [-0.2, -0.15) is 0 Å². The molecule has 2 fully saturated rings. The number of nitrogens with zero attached hydrogens (tertiary/aromatic N) is 2. The van der Waals surface area contributed by atoms with Gasteiger partial charge in [0.1, 0.15) is 0 Å². The molecule has 2 atom stereocenters. The average molecular weight is 404 g/mol. The SMILES string of the molecule is CCc1ccc(C2CNCCN2C(=O)C(C)N2CCOCC2)cc1.Cl.Cl. The van der Waals surface area contributed by atoms with Crippen molar-refractivity contribution in [3.8, 4) is 0 Å². The maximum Gasteiger partial charge on any atom is 0.240 e. The number of hydrogen-bond acceptors (Lipinski definition) is 4. The Morgan fingerprint density at radius 2 is 1.85 bits per heavy atom. The van der Waals surface area contributed by atoms with Gasteiger partial charge in [0.05, 0.1) is 25.3 Å². The normalized spacial score (nSPS) is 22.1. The highest BCUT2D eigenvalue weighted by molar-refractivity contribution is 5.85. The van der Waals surface area contributed by atoms with E-state index in [9.17, 15) is 4.79 Å². The first-order chi connectivity index (χ1) is 11.7. The van der Waals surface area contributed by atoms with Crippen molar-refractivity contribution in [2.45, 2.75) is 32.4 Å². The number of amides is 1. The van der Waals surface area contributed by atoms with Gasteiger partial charge in [-0.3, -0.25) is 9.69 Å². The third kappa shape index (κ3) is 5.33. The number of carbonyl (C=O) groups is 1. The van der Waals surface area contributed by atoms with Crippen molar-refractivity contribution in [1.82, 2.24) is 15.1 Å². The number of piperazine rings is 1. The largest absolute Gasteiger partial charge is 0.379 e. The quantitative estimate of drug-likeness (QED) is 0.837. The third-order valence-electron chi connectivity index (χ3n) is 5.25. The van der Waals surface area contributed by atoms with E-state index >= 15 is 0 Å². The number of benzene rings is 1. The fourth-order valence-electron chi connectivity index (χ4n) is 3.60. The molecule has 0 aromatic heterocycles. The molecular weight excluding hydrogens is 373 g/mol. The second-order valence-electron chi connectivity index (χ2n) is 6.67. The number of rotatable bonds is 4. The molecule has 2 aliphatic rings. The van der Waals surface area contributed by atoms with Gasteiger partial charge in [-0.05, 0) is 24.5 Å². The lowest BCUT2D eigenvalue weighted by Gasteiger charge is -2.41. The summed E-state index contributed by atoms with van der Waals surface area (Å²) >= 11 is 0. The molecule has 1 aromatic rings. The van der Waals surface area contributed by atoms with Crippen molar-refractivity contribution >= 4 is 30.7 Å². The van der Waals surface area contributed by atoms with Gasteiger partial charge < -0.3 is 15.0 Å². The fraction of sp³-hybridized carbons (Fsp3) is 0.632. The summed E-state index contributed by atoms with van der Waals surface area (Å²) in [6.07, 6.45) is 1.04. The van der Waals surface area contributed by atoms with Crippen LogP contribution in [0.3, 0.4) is 0 Å². The number of carbonyl (C=O) groups excluding carboxylic acids is 1. The van der Waals surface area contributed by atoms with Gasteiger partial charge >= 0.3 is 0 Å². The molecule has 5 nitrogen and oxygen atoms in total. The molecule has 3 rings (SSSR count). The minimum absolute atomic E-state index is 0. The maximum atomic E-state index is 13.1. The van der Waals surface area contributed by atoms with Crippen LogP contribution in [0.4, 0.5) is 0 Å². The van der Waals surface area contributed by atoms with Crippen molar-refractivity contribution in [2.75, 3.05) is 45.9 Å². The zero-order valence-corrected chi connectivity index (χ0v) is 17.3. The number of halogens is 2. The Morgan fingerprint density at radius 1 is 1.19 bits per heavy atom. The van der Waals surface area contributed by atoms with Gasteiger partial charge in [0.15, 0.2) is 0 Å². The van der Waals surface area contributed by atoms with E-state index in [0.29, 0.717) is 0 Å². The van der Waals surface area contributed by atoms with E-state index in [1.807, 2.05) is 6.92 Å². The first-order valence-corrected chi connectivity index (χ1v) is 9.12. The number of ether oxygens (including phenoxy) is 1. The summed E-state index contributed by atoms with van der Waals surface area (Å²) in [6, 6.07) is 8.76. The Morgan fingerprint density at radius 3 is 2.46 bits per heavy atom. The second kappa shape index (κ2) is 11.1. The zero-order valence-electron chi connectivity index (χ0n) is 15.6. The summed E-state index contributed by atoms with van der Waals surface area (Å²) in [6.45, 7) is 9.79. The van der Waals surface area contributed by atoms with Gasteiger partial charge in [0, 0.05) is 32.7 Å². The Hall–Kier alpha value is -0.850. The highest BCUT2D eigenvalue weighted by Crippen LogP contribution is 2.24. The summed E-state index contributed by atoms with van der Waals surface area (Å²) in [4.78, 5) is 17.4. The van der Waals surface area contributed by atoms with Crippen LogP contribution in [-0.4, -0.2) is 67.7 Å². The van der Waals surface area contributed by atoms with Crippen LogP contribution in [0, 0.1) is 0 Å². The van der Waals surface area contributed by atoms with Crippen molar-refractivity contribution in [2.24, 2.45) is 0 Å². The molecule has 0 saturated carbocycles. The van der Waals surface area contributed by atoms with Crippen LogP contribution >= 0.6 is 24.8 Å². The fourth-order valence-corrected chi connectivity index (χ4v) is 3.60. The lowest BCUT2D eigenvalue weighted by atomic mass is 10.00. The molecule has 2 saturated heterocycles. The predicted molar refractivity (Wildman–Crippen MR) is 109 cm³/mol. The van der Waals surface area contributed by atoms with E-state index in [1.165, 1.54) is 11.1 Å². The first kappa shape index (κ1) is 23.2. The van der Waals surface area contributed by atoms with Gasteiger partial charge in [0.2, 0.25) is 5.91 Å². The van der Waals surface area contributed by atoms with E-state index < -0.39 is 0 Å². The van der Waals surface area contributed by atoms with E-state index in [4.69, 9.17) is 4.74 Å². The molecule has 1 amide bonds. The molecular formula is C19H31Cl2N3O2. The molecule has 148 valence electrons. The molecule has 2 unspecified atom stereocenters. The van der Waals surface area contributed by atoms with E-state index in [1.54, 1.807) is 0 Å². The molecule has 2 heterocycles. The molecule has 2 aliphatic heterocycles. The van der Waals surface area contributed by atoms with E-state index in [-0.39, 0.29) is 42.8 Å². The standard InChI is InChI=1S/C19H29N3O2.2ClH/c1-3-16-4-6-17(7-5-16)18-14-20-8-9-22(18)19(23)15(2)21-10-12-24-13-11-21;;/h4-7,15,18,20H,3,8-14H2,1-2H3;2*1H. The molecule has 0 radical (unpaired) electrons. The minimum atomic E-state index is -0.0792. The highest BCUT2D eigenvalue weighted by atomic mass is 35.5. The van der Waals surface area contributed by atoms with Crippen LogP contribution in [0.2, 0.25) is 0 Å². The van der Waals surface area contributed by atoms with Crippen LogP contribution < -0.4 is 5.32 Å². The van der Waals surface area contributed by atoms with E-state index in [0.717, 1.165) is 52.4 Å². The highest BCUT2D eigenvalue weighted by Gasteiger charge is 2.33. The molecule has 1 N–H and O–H groups in total. The molecule has 0 spiro atoms. The number of hydrogen-bond donors (Lipinski definition) is 1. The summed E-state index contributed by atoms with van der Waals surface area (Å²) in [5.41, 5.74) is 2.56. The molecule has 1 aromatic carbocycles. The molecule has 0 bridgehead atoms. The van der Waals surface area contributed by atoms with Gasteiger partial charge in [-0.25, -0.2) is 0 Å². The van der Waals surface area contributed by atoms with Crippen LogP contribution in [0.1, 0.15) is 31.0 Å². The zero-order chi connectivity index (χ0) is 16.9. The summed E-state index contributed by atoms with van der Waals surface area (Å²) in [7, 11) is 0. The third-order valence-corrected chi connectivity index (χ3v) is 5.25. The van der Waals surface area contributed by atoms with Gasteiger partial charge in [-0.15, -0.1) is 24.8 Å². The monoisotopic (exact) mass is 403 g/mol. The van der Waals surface area contributed by atoms with Crippen molar-refractivity contribution in [3.05, 3.63) is 35.4 Å². The summed E-state index contributed by atoms with van der Waals surface area (Å²) < 4.78 is 5.41. The van der Waals surface area contributed by atoms with Crippen molar-refractivity contribution in [1.29, 1.82) is 0 Å². The second-order valence-corrected chi connectivity index (χ2v) is 6.67. The Bertz CT molecular complexity index is 550. The predicted octanol–water partition coefficient (Wildman–Crippen LogP) is 2.29. The number of nitrogens with one attached hydrogen (secondary N) is 1. The van der Waals surface area contributed by atoms with Crippen molar-refractivity contribution < 1.29 is 9.53 Å². The van der Waals surface area contributed by atoms with E-state index in [2.05, 4.69) is 46.3 Å². The smallest absolute Gasteiger partial charge is 0.240 e. The van der Waals surface area contributed by atoms with Crippen LogP contribution in [0.15, 0.2) is 24.3 Å². The summed E-state index contributed by atoms with van der Waals surface area (Å²) in [5, 5.41) is 3.44. The van der Waals surface area contributed by atoms with Crippen LogP contribution in [0.5, 0.6) is 0 Å². The maximum absolute atomic E-state index is 13.1. The van der Waals surface area contributed by atoms with Crippen molar-refractivity contribution in [3.63, 3.8) is 0 Å². The topological polar surface area (TPSA) is 44.8 Å². The Balaban J connectivity index is 0.00000169. The Kier molecular flexibility index (Phi) is 9.90. The number of morpholine rings is 1. The van der Waals surface area contributed by atoms with Gasteiger partial charge in [0.25, 0.3) is 0 Å². The lowest BCUT2D eigenvalue weighted by molar-refractivity contribution is -0.141. The lowest BCUT2D eigenvalue weighted by Crippen LogP contribution is -2.56. The Labute approximate surface area is 169 Å². The van der Waals surface area contributed by atoms with Crippen LogP contribution in [-0.2, 0) is 16.0 Å². The minimum Gasteiger partial charge on any atom is -0.379 e. The summed E-state index contributed by atoms with van der Waals surface area (Å²) in [5.74, 6) is 0.239. The molecule has 7 heteroatoms. The molecule has 26 heavy (non-hydrogen) atoms. The molecule has 0 aliphatic carbocycles. The first-order valence-electron chi connectivity index (χ1n) is 9.12.